The van der Waals surface area contributed by atoms with Crippen LogP contribution in [0.5, 0.6) is 0 Å². The minimum Gasteiger partial charge on any atom is -0.403 e. The summed E-state index contributed by atoms with van der Waals surface area (Å²) in [5.74, 6) is 0.112. The number of piperazine rings is 1. The first-order chi connectivity index (χ1) is 9.15. The van der Waals surface area contributed by atoms with Crippen molar-refractivity contribution in [2.75, 3.05) is 0 Å². The van der Waals surface area contributed by atoms with Crippen LogP contribution in [-0.2, 0) is 4.79 Å². The largest absolute Gasteiger partial charge is 0.403 e. The van der Waals surface area contributed by atoms with Crippen LogP contribution in [0, 0.1) is 10.8 Å². The van der Waals surface area contributed by atoms with Gasteiger partial charge in [0.1, 0.15) is 17.6 Å². The van der Waals surface area contributed by atoms with Crippen LogP contribution >= 0.6 is 0 Å². The van der Waals surface area contributed by atoms with E-state index in [9.17, 15) is 4.79 Å². The van der Waals surface area contributed by atoms with Crippen LogP contribution < -0.4 is 5.73 Å². The molecule has 6 nitrogen and oxygen atoms in total. The molecule has 1 saturated carbocycles. The molecular weight excluding hydrogens is 242 g/mol. The Bertz CT molecular complexity index is 425. The lowest BCUT2D eigenvalue weighted by atomic mass is 10.0. The van der Waals surface area contributed by atoms with Crippen molar-refractivity contribution in [1.29, 1.82) is 10.8 Å². The van der Waals surface area contributed by atoms with Crippen LogP contribution in [0.3, 0.4) is 0 Å². The quantitative estimate of drug-likeness (QED) is 0.527. The zero-order valence-corrected chi connectivity index (χ0v) is 11.2. The Labute approximate surface area is 113 Å². The zero-order chi connectivity index (χ0) is 14.0. The van der Waals surface area contributed by atoms with Crippen molar-refractivity contribution in [3.8, 4) is 0 Å². The Kier molecular flexibility index (Phi) is 3.87. The van der Waals surface area contributed by atoms with E-state index < -0.39 is 0 Å². The van der Waals surface area contributed by atoms with Gasteiger partial charge in [0.25, 0.3) is 5.91 Å². The minimum atomic E-state index is -0.346. The second-order valence-electron chi connectivity index (χ2n) is 5.01. The molecule has 1 amide bonds. The number of hydrogen-bond donors (Lipinski definition) is 3. The van der Waals surface area contributed by atoms with E-state index in [2.05, 4.69) is 0 Å². The maximum atomic E-state index is 12.4. The number of nitrogens with two attached hydrogens (primary N) is 1. The standard InChI is InChI=1S/C13H21N5O/c1-2-10-13(19)17(8-15)11(7-14)12(16)18(10)9-5-3-4-6-9/h7-10,15-16H,2-6,14H2,1H3/b11-7+,15-8?,16-12?/t10-/m1/s1. The SMILES string of the molecule is CC[C@@H]1C(=O)N(C=N)/C(=C/N)C(=N)N1C1CCCC1. The van der Waals surface area contributed by atoms with Crippen molar-refractivity contribution < 1.29 is 4.79 Å². The number of amidine groups is 1. The fourth-order valence-corrected chi connectivity index (χ4v) is 3.08. The summed E-state index contributed by atoms with van der Waals surface area (Å²) >= 11 is 0. The molecule has 2 aliphatic rings. The lowest BCUT2D eigenvalue weighted by Gasteiger charge is -2.44. The third kappa shape index (κ3) is 2.11. The van der Waals surface area contributed by atoms with Gasteiger partial charge in [-0.05, 0) is 19.3 Å². The molecule has 0 aromatic carbocycles. The van der Waals surface area contributed by atoms with Crippen LogP contribution in [0.1, 0.15) is 39.0 Å². The highest BCUT2D eigenvalue weighted by Crippen LogP contribution is 2.31. The number of carbonyl (C=O) groups is 1. The number of carbonyl (C=O) groups excluding carboxylic acids is 1. The Balaban J connectivity index is 2.38. The van der Waals surface area contributed by atoms with Crippen LogP contribution in [0.2, 0.25) is 0 Å². The molecule has 1 heterocycles. The van der Waals surface area contributed by atoms with Crippen molar-refractivity contribution in [3.63, 3.8) is 0 Å². The smallest absolute Gasteiger partial charge is 0.255 e. The molecular formula is C13H21N5O. The van der Waals surface area contributed by atoms with Gasteiger partial charge in [0, 0.05) is 12.2 Å². The highest BCUT2D eigenvalue weighted by molar-refractivity contribution is 6.10. The van der Waals surface area contributed by atoms with Crippen molar-refractivity contribution >= 4 is 18.1 Å². The van der Waals surface area contributed by atoms with E-state index in [0.29, 0.717) is 12.1 Å². The molecule has 1 saturated heterocycles. The second kappa shape index (κ2) is 5.42. The first kappa shape index (κ1) is 13.6. The van der Waals surface area contributed by atoms with Gasteiger partial charge in [-0.2, -0.15) is 0 Å². The maximum absolute atomic E-state index is 12.4. The summed E-state index contributed by atoms with van der Waals surface area (Å²) in [5, 5.41) is 15.7. The van der Waals surface area contributed by atoms with Crippen LogP contribution in [0.4, 0.5) is 0 Å². The van der Waals surface area contributed by atoms with Crippen LogP contribution in [-0.4, -0.2) is 40.0 Å². The first-order valence-corrected chi connectivity index (χ1v) is 6.78. The highest BCUT2D eigenvalue weighted by Gasteiger charge is 2.42. The molecule has 6 heteroatoms. The fourth-order valence-electron chi connectivity index (χ4n) is 3.08. The molecule has 0 aromatic rings. The molecule has 2 fully saturated rings. The van der Waals surface area contributed by atoms with E-state index in [-0.39, 0.29) is 23.8 Å². The number of amides is 1. The molecule has 1 aliphatic carbocycles. The van der Waals surface area contributed by atoms with Crippen molar-refractivity contribution in [2.45, 2.75) is 51.1 Å². The Morgan fingerprint density at radius 2 is 2.05 bits per heavy atom. The summed E-state index contributed by atoms with van der Waals surface area (Å²) in [6.45, 7) is 1.94. The number of rotatable bonds is 3. The molecule has 104 valence electrons. The lowest BCUT2D eigenvalue weighted by Crippen LogP contribution is -2.60. The van der Waals surface area contributed by atoms with Gasteiger partial charge >= 0.3 is 0 Å². The van der Waals surface area contributed by atoms with E-state index in [4.69, 9.17) is 16.6 Å². The summed E-state index contributed by atoms with van der Waals surface area (Å²) < 4.78 is 0. The molecule has 1 atom stereocenters. The maximum Gasteiger partial charge on any atom is 0.255 e. The molecule has 0 radical (unpaired) electrons. The normalized spacial score (nSPS) is 27.4. The summed E-state index contributed by atoms with van der Waals surface area (Å²) in [6.07, 6.45) is 7.18. The van der Waals surface area contributed by atoms with Gasteiger partial charge in [-0.25, -0.2) is 0 Å². The Morgan fingerprint density at radius 1 is 1.42 bits per heavy atom. The van der Waals surface area contributed by atoms with Crippen LogP contribution in [0.25, 0.3) is 0 Å². The molecule has 2 rings (SSSR count). The monoisotopic (exact) mass is 263 g/mol. The van der Waals surface area contributed by atoms with Crippen molar-refractivity contribution in [3.05, 3.63) is 11.9 Å². The molecule has 19 heavy (non-hydrogen) atoms. The van der Waals surface area contributed by atoms with Crippen LogP contribution in [0.15, 0.2) is 11.9 Å². The molecule has 4 N–H and O–H groups in total. The van der Waals surface area contributed by atoms with Gasteiger partial charge in [-0.1, -0.05) is 19.8 Å². The third-order valence-electron chi connectivity index (χ3n) is 4.01. The van der Waals surface area contributed by atoms with Gasteiger partial charge in [-0.3, -0.25) is 20.5 Å². The van der Waals surface area contributed by atoms with E-state index in [1.165, 1.54) is 11.1 Å². The number of nitrogens with one attached hydrogen (secondary N) is 2. The van der Waals surface area contributed by atoms with E-state index in [1.807, 2.05) is 11.8 Å². The Morgan fingerprint density at radius 3 is 2.53 bits per heavy atom. The zero-order valence-electron chi connectivity index (χ0n) is 11.2. The minimum absolute atomic E-state index is 0.155. The molecule has 0 spiro atoms. The molecule has 0 aromatic heterocycles. The number of hydrogen-bond acceptors (Lipinski definition) is 4. The Hall–Kier alpha value is -1.85. The van der Waals surface area contributed by atoms with E-state index in [0.717, 1.165) is 32.0 Å². The molecule has 0 unspecified atom stereocenters. The predicted octanol–water partition coefficient (Wildman–Crippen LogP) is 1.24. The van der Waals surface area contributed by atoms with Crippen molar-refractivity contribution in [2.24, 2.45) is 5.73 Å². The van der Waals surface area contributed by atoms with Gasteiger partial charge in [-0.15, -0.1) is 0 Å². The lowest BCUT2D eigenvalue weighted by molar-refractivity contribution is -0.132. The van der Waals surface area contributed by atoms with Crippen molar-refractivity contribution in [1.82, 2.24) is 9.80 Å². The number of nitrogens with zero attached hydrogens (tertiary/aromatic N) is 2. The van der Waals surface area contributed by atoms with E-state index in [1.54, 1.807) is 0 Å². The highest BCUT2D eigenvalue weighted by atomic mass is 16.2. The average Bonchev–Trinajstić information content (AvgIpc) is 2.93. The predicted molar refractivity (Wildman–Crippen MR) is 73.8 cm³/mol. The van der Waals surface area contributed by atoms with Gasteiger partial charge in [0.05, 0.1) is 6.34 Å². The average molecular weight is 263 g/mol. The van der Waals surface area contributed by atoms with Gasteiger partial charge in [0.2, 0.25) is 0 Å². The summed E-state index contributed by atoms with van der Waals surface area (Å²) in [6, 6.07) is -0.0925. The first-order valence-electron chi connectivity index (χ1n) is 6.78. The summed E-state index contributed by atoms with van der Waals surface area (Å²) in [4.78, 5) is 15.5. The summed E-state index contributed by atoms with van der Waals surface area (Å²) in [7, 11) is 0. The third-order valence-corrected chi connectivity index (χ3v) is 4.01. The van der Waals surface area contributed by atoms with Gasteiger partial charge in [0.15, 0.2) is 0 Å². The second-order valence-corrected chi connectivity index (χ2v) is 5.01. The fraction of sp³-hybridized carbons (Fsp3) is 0.615. The summed E-state index contributed by atoms with van der Waals surface area (Å²) in [5.41, 5.74) is 5.86. The van der Waals surface area contributed by atoms with E-state index >= 15 is 0 Å². The van der Waals surface area contributed by atoms with Gasteiger partial charge < -0.3 is 10.6 Å². The molecule has 0 bridgehead atoms. The molecule has 1 aliphatic heterocycles. The topological polar surface area (TPSA) is 97.3 Å².